The predicted octanol–water partition coefficient (Wildman–Crippen LogP) is 4.91. The summed E-state index contributed by atoms with van der Waals surface area (Å²) in [6, 6.07) is 15.0. The molecule has 0 aliphatic heterocycles. The molecular weight excluding hydrogens is 325 g/mol. The molecule has 0 fully saturated rings. The van der Waals surface area contributed by atoms with E-state index in [1.54, 1.807) is 54.6 Å². The van der Waals surface area contributed by atoms with Crippen LogP contribution in [0.15, 0.2) is 59.5 Å². The van der Waals surface area contributed by atoms with Crippen LogP contribution in [0.1, 0.15) is 11.1 Å². The van der Waals surface area contributed by atoms with Crippen molar-refractivity contribution in [1.82, 2.24) is 0 Å². The van der Waals surface area contributed by atoms with Gasteiger partial charge in [-0.1, -0.05) is 42.5 Å². The summed E-state index contributed by atoms with van der Waals surface area (Å²) in [7, 11) is 1.50. The number of aldehydes is 1. The van der Waals surface area contributed by atoms with Crippen molar-refractivity contribution in [3.63, 3.8) is 0 Å². The smallest absolute Gasteiger partial charge is 0.446 e. The molecule has 0 aromatic heterocycles. The van der Waals surface area contributed by atoms with Crippen LogP contribution in [-0.2, 0) is 4.79 Å². The van der Waals surface area contributed by atoms with Gasteiger partial charge in [0.2, 0.25) is 0 Å². The molecule has 0 atom stereocenters. The Balaban J connectivity index is 2.61. The second-order valence-electron chi connectivity index (χ2n) is 4.50. The topological polar surface area (TPSA) is 26.3 Å². The van der Waals surface area contributed by atoms with Crippen molar-refractivity contribution in [3.05, 3.63) is 70.6 Å². The van der Waals surface area contributed by atoms with Crippen molar-refractivity contribution >= 4 is 23.6 Å². The van der Waals surface area contributed by atoms with Crippen LogP contribution in [0.3, 0.4) is 0 Å². The van der Waals surface area contributed by atoms with E-state index < -0.39 is 17.3 Å². The summed E-state index contributed by atoms with van der Waals surface area (Å²) in [4.78, 5) is 10.9. The number of thioether (sulfide) groups is 1. The first-order valence-corrected chi connectivity index (χ1v) is 7.41. The molecule has 0 heterocycles. The average Bonchev–Trinajstić information content (AvgIpc) is 2.54. The van der Waals surface area contributed by atoms with Gasteiger partial charge in [0, 0.05) is 5.57 Å². The highest BCUT2D eigenvalue weighted by Crippen LogP contribution is 2.41. The summed E-state index contributed by atoms with van der Waals surface area (Å²) in [6.45, 7) is 0. The molecule has 0 N–H and O–H groups in total. The first-order chi connectivity index (χ1) is 10.9. The van der Waals surface area contributed by atoms with E-state index in [1.165, 1.54) is 7.11 Å². The molecule has 2 rings (SSSR count). The van der Waals surface area contributed by atoms with Crippen molar-refractivity contribution in [2.24, 2.45) is 0 Å². The largest absolute Gasteiger partial charge is 0.497 e. The van der Waals surface area contributed by atoms with Crippen molar-refractivity contribution in [2.75, 3.05) is 7.11 Å². The third kappa shape index (κ3) is 4.63. The van der Waals surface area contributed by atoms with Crippen LogP contribution >= 0.6 is 11.8 Å². The van der Waals surface area contributed by atoms with Crippen molar-refractivity contribution < 1.29 is 22.7 Å². The Morgan fingerprint density at radius 3 is 2.04 bits per heavy atom. The zero-order chi connectivity index (χ0) is 16.9. The van der Waals surface area contributed by atoms with Crippen molar-refractivity contribution in [2.45, 2.75) is 5.51 Å². The maximum absolute atomic E-state index is 12.8. The summed E-state index contributed by atoms with van der Waals surface area (Å²) < 4.78 is 43.3. The summed E-state index contributed by atoms with van der Waals surface area (Å²) in [6.07, 6.45) is 0.241. The lowest BCUT2D eigenvalue weighted by Crippen LogP contribution is -2.04. The van der Waals surface area contributed by atoms with Gasteiger partial charge in [-0.25, -0.2) is 0 Å². The van der Waals surface area contributed by atoms with E-state index >= 15 is 0 Å². The molecule has 2 nitrogen and oxygen atoms in total. The summed E-state index contributed by atoms with van der Waals surface area (Å²) in [5.74, 6) is 0.581. The number of rotatable bonds is 5. The summed E-state index contributed by atoms with van der Waals surface area (Å²) >= 11 is -0.410. The molecule has 0 saturated heterocycles. The standard InChI is InChI=1S/C17H13F3O2S/c1-22-14-9-7-13(8-10-14)16(12-5-3-2-4-6-12)15(11-21)23-17(18,19)20/h2-11H,1H3/b16-15-. The van der Waals surface area contributed by atoms with Gasteiger partial charge in [-0.05, 0) is 35.0 Å². The number of alkyl halides is 3. The van der Waals surface area contributed by atoms with Crippen LogP contribution in [-0.4, -0.2) is 18.9 Å². The number of carbonyl (C=O) groups is 1. The number of methoxy groups -OCH3 is 1. The maximum atomic E-state index is 12.8. The maximum Gasteiger partial charge on any atom is 0.446 e. The molecule has 0 aliphatic rings. The molecule has 0 spiro atoms. The summed E-state index contributed by atoms with van der Waals surface area (Å²) in [5, 5.41) is 0. The zero-order valence-electron chi connectivity index (χ0n) is 12.1. The minimum Gasteiger partial charge on any atom is -0.497 e. The molecule has 0 bridgehead atoms. The first kappa shape index (κ1) is 17.1. The number of carbonyl (C=O) groups excluding carboxylic acids is 1. The lowest BCUT2D eigenvalue weighted by molar-refractivity contribution is -0.104. The molecule has 0 amide bonds. The molecule has 2 aromatic rings. The minimum atomic E-state index is -4.54. The monoisotopic (exact) mass is 338 g/mol. The van der Waals surface area contributed by atoms with Gasteiger partial charge in [0.1, 0.15) is 5.75 Å². The molecule has 0 saturated carbocycles. The normalized spacial score (nSPS) is 12.5. The number of halogens is 3. The van der Waals surface area contributed by atoms with Gasteiger partial charge >= 0.3 is 5.51 Å². The van der Waals surface area contributed by atoms with E-state index in [0.717, 1.165) is 0 Å². The van der Waals surface area contributed by atoms with Crippen LogP contribution in [0.25, 0.3) is 5.57 Å². The highest BCUT2D eigenvalue weighted by Gasteiger charge is 2.32. The molecule has 0 radical (unpaired) electrons. The summed E-state index contributed by atoms with van der Waals surface area (Å²) in [5.41, 5.74) is -3.25. The van der Waals surface area contributed by atoms with E-state index in [-0.39, 0.29) is 16.8 Å². The number of benzene rings is 2. The van der Waals surface area contributed by atoms with Gasteiger partial charge in [-0.2, -0.15) is 13.2 Å². The molecule has 0 aliphatic carbocycles. The Hall–Kier alpha value is -2.21. The van der Waals surface area contributed by atoms with E-state index in [4.69, 9.17) is 4.74 Å². The second-order valence-corrected chi connectivity index (χ2v) is 5.61. The van der Waals surface area contributed by atoms with Crippen LogP contribution in [0, 0.1) is 0 Å². The number of hydrogen-bond acceptors (Lipinski definition) is 3. The fourth-order valence-corrected chi connectivity index (χ4v) is 2.71. The third-order valence-electron chi connectivity index (χ3n) is 3.02. The van der Waals surface area contributed by atoms with E-state index in [0.29, 0.717) is 16.9 Å². The Morgan fingerprint density at radius 2 is 1.57 bits per heavy atom. The van der Waals surface area contributed by atoms with Crippen LogP contribution in [0.5, 0.6) is 5.75 Å². The van der Waals surface area contributed by atoms with Crippen molar-refractivity contribution in [1.29, 1.82) is 0 Å². The Labute approximate surface area is 136 Å². The molecule has 120 valence electrons. The van der Waals surface area contributed by atoms with Gasteiger partial charge < -0.3 is 4.74 Å². The Kier molecular flexibility index (Phi) is 5.50. The first-order valence-electron chi connectivity index (χ1n) is 6.59. The van der Waals surface area contributed by atoms with Crippen LogP contribution < -0.4 is 4.74 Å². The quantitative estimate of drug-likeness (QED) is 0.572. The number of hydrogen-bond donors (Lipinski definition) is 0. The fraction of sp³-hybridized carbons (Fsp3) is 0.118. The third-order valence-corrected chi connectivity index (χ3v) is 3.77. The predicted molar refractivity (Wildman–Crippen MR) is 85.2 cm³/mol. The molecule has 0 unspecified atom stereocenters. The molecular formula is C17H13F3O2S. The van der Waals surface area contributed by atoms with E-state index in [1.807, 2.05) is 0 Å². The highest BCUT2D eigenvalue weighted by molar-refractivity contribution is 8.04. The molecule has 2 aromatic carbocycles. The van der Waals surface area contributed by atoms with E-state index in [9.17, 15) is 18.0 Å². The zero-order valence-corrected chi connectivity index (χ0v) is 12.9. The van der Waals surface area contributed by atoms with Gasteiger partial charge in [0.05, 0.1) is 12.0 Å². The van der Waals surface area contributed by atoms with Gasteiger partial charge in [-0.3, -0.25) is 4.79 Å². The van der Waals surface area contributed by atoms with E-state index in [2.05, 4.69) is 0 Å². The molecule has 6 heteroatoms. The van der Waals surface area contributed by atoms with Crippen molar-refractivity contribution in [3.8, 4) is 5.75 Å². The van der Waals surface area contributed by atoms with Gasteiger partial charge in [0.25, 0.3) is 0 Å². The lowest BCUT2D eigenvalue weighted by Gasteiger charge is -2.14. The highest BCUT2D eigenvalue weighted by atomic mass is 32.2. The second kappa shape index (κ2) is 7.37. The van der Waals surface area contributed by atoms with Crippen LogP contribution in [0.2, 0.25) is 0 Å². The number of allylic oxidation sites excluding steroid dienone is 1. The SMILES string of the molecule is COc1ccc(/C(=C(/C=O)SC(F)(F)F)c2ccccc2)cc1. The average molecular weight is 338 g/mol. The Bertz CT molecular complexity index is 692. The van der Waals surface area contributed by atoms with Crippen LogP contribution in [0.4, 0.5) is 13.2 Å². The Morgan fingerprint density at radius 1 is 1.00 bits per heavy atom. The van der Waals surface area contributed by atoms with Gasteiger partial charge in [-0.15, -0.1) is 0 Å². The molecule has 23 heavy (non-hydrogen) atoms. The lowest BCUT2D eigenvalue weighted by atomic mass is 9.97. The minimum absolute atomic E-state index is 0.241. The fourth-order valence-electron chi connectivity index (χ4n) is 2.07. The van der Waals surface area contributed by atoms with Gasteiger partial charge in [0.15, 0.2) is 6.29 Å². The number of ether oxygens (including phenoxy) is 1.